The minimum atomic E-state index is -0.374. The van der Waals surface area contributed by atoms with Crippen LogP contribution in [-0.2, 0) is 0 Å². The van der Waals surface area contributed by atoms with Crippen molar-refractivity contribution in [2.24, 2.45) is 29.1 Å². The number of fused-ring (bicyclic) bond motifs is 5. The Labute approximate surface area is 127 Å². The molecule has 8 atom stereocenters. The summed E-state index contributed by atoms with van der Waals surface area (Å²) < 4.78 is 0. The minimum absolute atomic E-state index is 0.0155. The normalized spacial score (nSPS) is 56.2. The molecule has 0 unspecified atom stereocenters. The summed E-state index contributed by atoms with van der Waals surface area (Å²) in [7, 11) is 0. The molecular weight excluding hydrogens is 264 g/mol. The maximum absolute atomic E-state index is 10.7. The van der Waals surface area contributed by atoms with Crippen molar-refractivity contribution >= 4 is 0 Å². The molecule has 21 heavy (non-hydrogen) atoms. The third kappa shape index (κ3) is 1.97. The largest absolute Gasteiger partial charge is 0.393 e. The fraction of sp³-hybridized carbons (Fsp3) is 0.889. The molecule has 118 valence electrons. The van der Waals surface area contributed by atoms with Crippen LogP contribution in [0.1, 0.15) is 51.9 Å². The predicted octanol–water partition coefficient (Wildman–Crippen LogP) is 2.25. The molecule has 3 nitrogen and oxygen atoms in total. The van der Waals surface area contributed by atoms with Gasteiger partial charge in [0, 0.05) is 0 Å². The molecule has 0 radical (unpaired) electrons. The molecule has 3 fully saturated rings. The summed E-state index contributed by atoms with van der Waals surface area (Å²) in [6, 6.07) is 0. The first kappa shape index (κ1) is 14.2. The number of aliphatic hydroxyl groups excluding tert-OH is 3. The SMILES string of the molecule is C[C@]12CC[C@H]3[C@@H]([C@@H](O)C=C4C[C@@H](O)CC[C@@H]43)[C@@H]1CC[C@@H]2O. The summed E-state index contributed by atoms with van der Waals surface area (Å²) in [4.78, 5) is 0. The highest BCUT2D eigenvalue weighted by Crippen LogP contribution is 2.61. The lowest BCUT2D eigenvalue weighted by atomic mass is 9.52. The Morgan fingerprint density at radius 2 is 1.86 bits per heavy atom. The van der Waals surface area contributed by atoms with Gasteiger partial charge in [-0.25, -0.2) is 0 Å². The van der Waals surface area contributed by atoms with E-state index in [1.165, 1.54) is 5.57 Å². The van der Waals surface area contributed by atoms with Crippen molar-refractivity contribution in [1.82, 2.24) is 0 Å². The van der Waals surface area contributed by atoms with E-state index < -0.39 is 0 Å². The first-order valence-electron chi connectivity index (χ1n) is 8.75. The van der Waals surface area contributed by atoms with Crippen LogP contribution in [0.3, 0.4) is 0 Å². The smallest absolute Gasteiger partial charge is 0.0757 e. The first-order chi connectivity index (χ1) is 10.0. The monoisotopic (exact) mass is 292 g/mol. The van der Waals surface area contributed by atoms with Crippen molar-refractivity contribution in [3.63, 3.8) is 0 Å². The second-order valence-corrected chi connectivity index (χ2v) is 8.26. The Morgan fingerprint density at radius 3 is 2.67 bits per heavy atom. The summed E-state index contributed by atoms with van der Waals surface area (Å²) in [6.07, 6.45) is 8.22. The summed E-state index contributed by atoms with van der Waals surface area (Å²) in [5.74, 6) is 1.93. The lowest BCUT2D eigenvalue weighted by Gasteiger charge is -2.54. The van der Waals surface area contributed by atoms with E-state index >= 15 is 0 Å². The quantitative estimate of drug-likeness (QED) is 0.600. The fourth-order valence-electron chi connectivity index (χ4n) is 6.25. The Hall–Kier alpha value is -0.380. The maximum atomic E-state index is 10.7. The van der Waals surface area contributed by atoms with Crippen LogP contribution in [0.2, 0.25) is 0 Å². The van der Waals surface area contributed by atoms with E-state index in [1.807, 2.05) is 0 Å². The second kappa shape index (κ2) is 4.81. The Kier molecular flexibility index (Phi) is 3.26. The molecule has 0 amide bonds. The van der Waals surface area contributed by atoms with Gasteiger partial charge in [0.15, 0.2) is 0 Å². The van der Waals surface area contributed by atoms with Crippen LogP contribution in [0.4, 0.5) is 0 Å². The molecule has 0 heterocycles. The van der Waals surface area contributed by atoms with E-state index in [9.17, 15) is 15.3 Å². The van der Waals surface area contributed by atoms with Gasteiger partial charge < -0.3 is 15.3 Å². The molecule has 4 aliphatic carbocycles. The molecule has 3 N–H and O–H groups in total. The van der Waals surface area contributed by atoms with Crippen molar-refractivity contribution < 1.29 is 15.3 Å². The van der Waals surface area contributed by atoms with E-state index in [0.29, 0.717) is 23.7 Å². The third-order valence-corrected chi connectivity index (χ3v) is 7.39. The van der Waals surface area contributed by atoms with Gasteiger partial charge in [0.25, 0.3) is 0 Å². The Morgan fingerprint density at radius 1 is 1.05 bits per heavy atom. The van der Waals surface area contributed by atoms with Crippen molar-refractivity contribution in [2.45, 2.75) is 70.2 Å². The number of aliphatic hydroxyl groups is 3. The van der Waals surface area contributed by atoms with E-state index in [0.717, 1.165) is 44.9 Å². The molecule has 0 aliphatic heterocycles. The van der Waals surface area contributed by atoms with Gasteiger partial charge >= 0.3 is 0 Å². The average molecular weight is 292 g/mol. The van der Waals surface area contributed by atoms with Gasteiger partial charge in [0.2, 0.25) is 0 Å². The van der Waals surface area contributed by atoms with Crippen LogP contribution in [0.25, 0.3) is 0 Å². The molecule has 0 aromatic rings. The lowest BCUT2D eigenvalue weighted by Crippen LogP contribution is -2.51. The summed E-state index contributed by atoms with van der Waals surface area (Å²) in [6.45, 7) is 2.24. The van der Waals surface area contributed by atoms with Crippen LogP contribution in [0.5, 0.6) is 0 Å². The number of hydrogen-bond donors (Lipinski definition) is 3. The van der Waals surface area contributed by atoms with Gasteiger partial charge in [0.05, 0.1) is 18.3 Å². The zero-order chi connectivity index (χ0) is 14.8. The fourth-order valence-corrected chi connectivity index (χ4v) is 6.25. The van der Waals surface area contributed by atoms with Gasteiger partial charge in [-0.05, 0) is 74.0 Å². The van der Waals surface area contributed by atoms with Crippen molar-refractivity contribution in [1.29, 1.82) is 0 Å². The van der Waals surface area contributed by atoms with Crippen molar-refractivity contribution in [2.75, 3.05) is 0 Å². The topological polar surface area (TPSA) is 60.7 Å². The third-order valence-electron chi connectivity index (χ3n) is 7.39. The summed E-state index contributed by atoms with van der Waals surface area (Å²) >= 11 is 0. The standard InChI is InChI=1S/C18H28O3/c1-18-7-6-13-12-3-2-11(19)8-10(12)9-15(20)17(13)14(18)4-5-16(18)21/h9,11-17,19-21H,2-8H2,1H3/t11-,12-,13+,14-,15-,16-,17+,18-/m0/s1. The van der Waals surface area contributed by atoms with E-state index in [2.05, 4.69) is 13.0 Å². The zero-order valence-electron chi connectivity index (χ0n) is 12.9. The Bertz CT molecular complexity index is 459. The minimum Gasteiger partial charge on any atom is -0.393 e. The highest BCUT2D eigenvalue weighted by molar-refractivity contribution is 5.23. The predicted molar refractivity (Wildman–Crippen MR) is 80.5 cm³/mol. The van der Waals surface area contributed by atoms with Crippen LogP contribution >= 0.6 is 0 Å². The van der Waals surface area contributed by atoms with Crippen molar-refractivity contribution in [3.8, 4) is 0 Å². The lowest BCUT2D eigenvalue weighted by molar-refractivity contribution is -0.0847. The summed E-state index contributed by atoms with van der Waals surface area (Å²) in [5.41, 5.74) is 1.33. The van der Waals surface area contributed by atoms with Gasteiger partial charge in [-0.1, -0.05) is 18.6 Å². The first-order valence-corrected chi connectivity index (χ1v) is 8.75. The van der Waals surface area contributed by atoms with Crippen molar-refractivity contribution in [3.05, 3.63) is 11.6 Å². The molecule has 4 rings (SSSR count). The second-order valence-electron chi connectivity index (χ2n) is 8.26. The van der Waals surface area contributed by atoms with Gasteiger partial charge in [-0.15, -0.1) is 0 Å². The highest BCUT2D eigenvalue weighted by Gasteiger charge is 2.57. The van der Waals surface area contributed by atoms with E-state index in [1.54, 1.807) is 0 Å². The van der Waals surface area contributed by atoms with Crippen LogP contribution < -0.4 is 0 Å². The molecule has 3 heteroatoms. The molecule has 3 saturated carbocycles. The molecule has 4 aliphatic rings. The highest BCUT2D eigenvalue weighted by atomic mass is 16.3. The molecule has 0 saturated heterocycles. The molecule has 0 aromatic heterocycles. The molecular formula is C18H28O3. The molecule has 0 aromatic carbocycles. The Balaban J connectivity index is 1.67. The molecule has 0 spiro atoms. The number of hydrogen-bond acceptors (Lipinski definition) is 3. The van der Waals surface area contributed by atoms with Gasteiger partial charge in [-0.3, -0.25) is 0 Å². The average Bonchev–Trinajstić information content (AvgIpc) is 2.74. The van der Waals surface area contributed by atoms with Crippen LogP contribution in [-0.4, -0.2) is 33.6 Å². The van der Waals surface area contributed by atoms with E-state index in [-0.39, 0.29) is 23.7 Å². The number of rotatable bonds is 0. The van der Waals surface area contributed by atoms with E-state index in [4.69, 9.17) is 0 Å². The maximum Gasteiger partial charge on any atom is 0.0757 e. The zero-order valence-corrected chi connectivity index (χ0v) is 12.9. The van der Waals surface area contributed by atoms with Gasteiger partial charge in [0.1, 0.15) is 0 Å². The van der Waals surface area contributed by atoms with Gasteiger partial charge in [-0.2, -0.15) is 0 Å². The molecule has 0 bridgehead atoms. The van der Waals surface area contributed by atoms with Crippen LogP contribution in [0.15, 0.2) is 11.6 Å². The van der Waals surface area contributed by atoms with Crippen LogP contribution in [0, 0.1) is 29.1 Å². The summed E-state index contributed by atoms with van der Waals surface area (Å²) in [5, 5.41) is 31.0.